The molecule has 1 aliphatic heterocycles. The fraction of sp³-hybridized carbons (Fsp3) is 0.167. The Balaban J connectivity index is 1.87. The van der Waals surface area contributed by atoms with Crippen LogP contribution < -0.4 is 10.7 Å². The standard InChI is InChI=1S/C18H17N5/c19-11-6-12-21-23-17(14-7-2-1-3-8-14)18-20-13-15-9-4-5-10-16(15)22-18/h1-5,7-10,21H,6,12-13H2,(H,20,22). The lowest BCUT2D eigenvalue weighted by Crippen LogP contribution is -2.29. The van der Waals surface area contributed by atoms with Gasteiger partial charge in [0, 0.05) is 17.8 Å². The molecule has 5 heteroatoms. The normalized spacial score (nSPS) is 13.3. The zero-order chi connectivity index (χ0) is 15.9. The number of fused-ring (bicyclic) bond motifs is 1. The second-order valence-corrected chi connectivity index (χ2v) is 5.09. The minimum Gasteiger partial charge on any atom is -0.338 e. The predicted molar refractivity (Wildman–Crippen MR) is 92.4 cm³/mol. The molecule has 0 aliphatic carbocycles. The van der Waals surface area contributed by atoms with Gasteiger partial charge in [-0.3, -0.25) is 4.99 Å². The number of hydrogen-bond acceptors (Lipinski definition) is 5. The van der Waals surface area contributed by atoms with E-state index in [1.54, 1.807) is 0 Å². The minimum absolute atomic E-state index is 0.411. The maximum atomic E-state index is 8.63. The molecule has 0 aromatic heterocycles. The Morgan fingerprint density at radius 1 is 1.17 bits per heavy atom. The third kappa shape index (κ3) is 3.55. The summed E-state index contributed by atoms with van der Waals surface area (Å²) < 4.78 is 0. The van der Waals surface area contributed by atoms with Crippen molar-refractivity contribution in [2.24, 2.45) is 10.1 Å². The van der Waals surface area contributed by atoms with Crippen molar-refractivity contribution in [3.8, 4) is 6.07 Å². The average molecular weight is 303 g/mol. The monoisotopic (exact) mass is 303 g/mol. The van der Waals surface area contributed by atoms with Crippen molar-refractivity contribution in [1.29, 1.82) is 5.26 Å². The lowest BCUT2D eigenvalue weighted by molar-refractivity contribution is 0.748. The van der Waals surface area contributed by atoms with Crippen molar-refractivity contribution in [2.75, 3.05) is 11.9 Å². The van der Waals surface area contributed by atoms with Gasteiger partial charge in [0.2, 0.25) is 0 Å². The van der Waals surface area contributed by atoms with Crippen molar-refractivity contribution >= 4 is 17.2 Å². The minimum atomic E-state index is 0.411. The topological polar surface area (TPSA) is 72.6 Å². The van der Waals surface area contributed by atoms with Crippen LogP contribution in [0, 0.1) is 11.3 Å². The van der Waals surface area contributed by atoms with Gasteiger partial charge in [-0.2, -0.15) is 10.4 Å². The molecule has 2 N–H and O–H groups in total. The van der Waals surface area contributed by atoms with E-state index in [1.807, 2.05) is 48.5 Å². The van der Waals surface area contributed by atoms with E-state index in [2.05, 4.69) is 33.0 Å². The summed E-state index contributed by atoms with van der Waals surface area (Å²) in [5, 5.41) is 16.4. The molecule has 0 spiro atoms. The number of amidine groups is 1. The number of hydrazone groups is 1. The summed E-state index contributed by atoms with van der Waals surface area (Å²) in [6.07, 6.45) is 0.411. The maximum Gasteiger partial charge on any atom is 0.154 e. The molecule has 0 saturated heterocycles. The van der Waals surface area contributed by atoms with Gasteiger partial charge in [-0.05, 0) is 11.6 Å². The van der Waals surface area contributed by atoms with Gasteiger partial charge in [-0.1, -0.05) is 48.5 Å². The van der Waals surface area contributed by atoms with Gasteiger partial charge in [-0.15, -0.1) is 0 Å². The first-order valence-corrected chi connectivity index (χ1v) is 7.51. The molecule has 2 aromatic carbocycles. The van der Waals surface area contributed by atoms with Gasteiger partial charge < -0.3 is 10.7 Å². The van der Waals surface area contributed by atoms with E-state index in [1.165, 1.54) is 5.56 Å². The van der Waals surface area contributed by atoms with Crippen LogP contribution in [0.1, 0.15) is 17.5 Å². The molecule has 0 fully saturated rings. The van der Waals surface area contributed by atoms with E-state index in [9.17, 15) is 0 Å². The second-order valence-electron chi connectivity index (χ2n) is 5.09. The SMILES string of the molecule is N#CCCNN=C(C1=NCc2ccccc2N1)c1ccccc1. The van der Waals surface area contributed by atoms with Crippen LogP contribution in [-0.2, 0) is 6.54 Å². The summed E-state index contributed by atoms with van der Waals surface area (Å²) in [4.78, 5) is 4.62. The highest BCUT2D eigenvalue weighted by Crippen LogP contribution is 2.21. The van der Waals surface area contributed by atoms with Gasteiger partial charge in [0.15, 0.2) is 5.84 Å². The molecular weight excluding hydrogens is 286 g/mol. The molecule has 0 bridgehead atoms. The maximum absolute atomic E-state index is 8.63. The molecule has 3 rings (SSSR count). The van der Waals surface area contributed by atoms with Crippen molar-refractivity contribution in [2.45, 2.75) is 13.0 Å². The highest BCUT2D eigenvalue weighted by molar-refractivity contribution is 6.51. The third-order valence-corrected chi connectivity index (χ3v) is 3.49. The van der Waals surface area contributed by atoms with Gasteiger partial charge in [0.05, 0.1) is 19.0 Å². The fourth-order valence-electron chi connectivity index (χ4n) is 2.34. The summed E-state index contributed by atoms with van der Waals surface area (Å²) in [6.45, 7) is 1.14. The van der Waals surface area contributed by atoms with Crippen LogP contribution in [-0.4, -0.2) is 18.1 Å². The van der Waals surface area contributed by atoms with Crippen LogP contribution in [0.25, 0.3) is 0 Å². The van der Waals surface area contributed by atoms with E-state index < -0.39 is 0 Å². The van der Waals surface area contributed by atoms with E-state index in [-0.39, 0.29) is 0 Å². The number of benzene rings is 2. The molecule has 0 radical (unpaired) electrons. The van der Waals surface area contributed by atoms with Crippen LogP contribution in [0.3, 0.4) is 0 Å². The first-order valence-electron chi connectivity index (χ1n) is 7.51. The molecular formula is C18H17N5. The Labute approximate surface area is 135 Å². The molecule has 114 valence electrons. The molecule has 0 atom stereocenters. The Morgan fingerprint density at radius 3 is 2.78 bits per heavy atom. The lowest BCUT2D eigenvalue weighted by Gasteiger charge is -2.19. The highest BCUT2D eigenvalue weighted by atomic mass is 15.3. The number of anilines is 1. The smallest absolute Gasteiger partial charge is 0.154 e. The Morgan fingerprint density at radius 2 is 1.96 bits per heavy atom. The van der Waals surface area contributed by atoms with Crippen LogP contribution in [0.15, 0.2) is 64.7 Å². The Bertz CT molecular complexity index is 771. The first-order chi connectivity index (χ1) is 11.4. The molecule has 1 aliphatic rings. The lowest BCUT2D eigenvalue weighted by atomic mass is 10.1. The number of aliphatic imine (C=N–C) groups is 1. The zero-order valence-corrected chi connectivity index (χ0v) is 12.7. The van der Waals surface area contributed by atoms with Gasteiger partial charge >= 0.3 is 0 Å². The Hall–Kier alpha value is -3.13. The average Bonchev–Trinajstić information content (AvgIpc) is 2.62. The summed E-state index contributed by atoms with van der Waals surface area (Å²) in [5.41, 5.74) is 6.90. The van der Waals surface area contributed by atoms with Crippen molar-refractivity contribution in [3.05, 3.63) is 65.7 Å². The van der Waals surface area contributed by atoms with Crippen molar-refractivity contribution in [3.63, 3.8) is 0 Å². The molecule has 1 heterocycles. The van der Waals surface area contributed by atoms with E-state index in [0.29, 0.717) is 19.5 Å². The summed E-state index contributed by atoms with van der Waals surface area (Å²) in [7, 11) is 0. The van der Waals surface area contributed by atoms with E-state index in [0.717, 1.165) is 22.8 Å². The third-order valence-electron chi connectivity index (χ3n) is 3.49. The van der Waals surface area contributed by atoms with Crippen LogP contribution in [0.5, 0.6) is 0 Å². The van der Waals surface area contributed by atoms with Gasteiger partial charge in [0.25, 0.3) is 0 Å². The molecule has 2 aromatic rings. The largest absolute Gasteiger partial charge is 0.338 e. The first kappa shape index (κ1) is 14.8. The van der Waals surface area contributed by atoms with Crippen LogP contribution in [0.4, 0.5) is 5.69 Å². The van der Waals surface area contributed by atoms with Crippen molar-refractivity contribution < 1.29 is 0 Å². The highest BCUT2D eigenvalue weighted by Gasteiger charge is 2.17. The van der Waals surface area contributed by atoms with Crippen LogP contribution in [0.2, 0.25) is 0 Å². The number of hydrogen-bond donors (Lipinski definition) is 2. The van der Waals surface area contributed by atoms with Gasteiger partial charge in [0.1, 0.15) is 5.71 Å². The van der Waals surface area contributed by atoms with Crippen molar-refractivity contribution in [1.82, 2.24) is 5.43 Å². The molecule has 5 nitrogen and oxygen atoms in total. The zero-order valence-electron chi connectivity index (χ0n) is 12.7. The number of rotatable bonds is 5. The molecule has 0 amide bonds. The summed E-state index contributed by atoms with van der Waals surface area (Å²) in [5.74, 6) is 0.736. The molecule has 23 heavy (non-hydrogen) atoms. The second kappa shape index (κ2) is 7.23. The number of nitrogens with one attached hydrogen (secondary N) is 2. The number of para-hydroxylation sites is 1. The summed E-state index contributed by atoms with van der Waals surface area (Å²) in [6, 6.07) is 20.1. The quantitative estimate of drug-likeness (QED) is 0.507. The predicted octanol–water partition coefficient (Wildman–Crippen LogP) is 2.92. The van der Waals surface area contributed by atoms with Crippen LogP contribution >= 0.6 is 0 Å². The molecule has 0 saturated carbocycles. The molecule has 0 unspecified atom stereocenters. The fourth-order valence-corrected chi connectivity index (χ4v) is 2.34. The number of nitriles is 1. The van der Waals surface area contributed by atoms with E-state index >= 15 is 0 Å². The summed E-state index contributed by atoms with van der Waals surface area (Å²) >= 11 is 0. The number of nitrogens with zero attached hydrogens (tertiary/aromatic N) is 3. The van der Waals surface area contributed by atoms with Gasteiger partial charge in [-0.25, -0.2) is 0 Å². The van der Waals surface area contributed by atoms with E-state index in [4.69, 9.17) is 5.26 Å². The Kier molecular flexibility index (Phi) is 4.65.